The normalized spacial score (nSPS) is 0. The van der Waals surface area contributed by atoms with Gasteiger partial charge in [0.25, 0.3) is 0 Å². The van der Waals surface area contributed by atoms with Crippen molar-refractivity contribution >= 4 is 38.2 Å². The van der Waals surface area contributed by atoms with Crippen LogP contribution in [0.4, 0.5) is 0 Å². The van der Waals surface area contributed by atoms with E-state index in [-0.39, 0.29) is 64.4 Å². The average Bonchev–Trinajstić information content (AvgIpc) is 0. The first-order valence-electron chi connectivity index (χ1n) is 0. The molecule has 0 N–H and O–H groups in total. The Morgan fingerprint density at radius 1 is 1.00 bits per heavy atom. The van der Waals surface area contributed by atoms with E-state index in [4.69, 9.17) is 0 Å². The van der Waals surface area contributed by atoms with Crippen LogP contribution in [0, 0.1) is 0 Å². The fraction of sp³-hybridized carbons (Fsp3) is 0. The molecular formula is H10AlPSiZr. The molecule has 0 saturated heterocycles. The Kier molecular flexibility index (Phi) is 179. The van der Waals surface area contributed by atoms with E-state index in [0.717, 1.165) is 0 Å². The summed E-state index contributed by atoms with van der Waals surface area (Å²) in [5, 5.41) is 0. The molecule has 0 fully saturated rings. The van der Waals surface area contributed by atoms with Gasteiger partial charge in [-0.05, 0) is 11.0 Å². The zero-order chi connectivity index (χ0) is 0. The summed E-state index contributed by atoms with van der Waals surface area (Å²) in [7, 11) is 0. The zero-order valence-corrected chi connectivity index (χ0v) is 5.08. The van der Waals surface area contributed by atoms with Crippen molar-refractivity contribution in [2.75, 3.05) is 0 Å². The molecular weight excluding hydrogens is 177 g/mol. The van der Waals surface area contributed by atoms with Gasteiger partial charge < -0.3 is 0 Å². The van der Waals surface area contributed by atoms with Crippen LogP contribution in [-0.4, -0.2) is 28.3 Å². The van der Waals surface area contributed by atoms with Crippen LogP contribution in [0.2, 0.25) is 0 Å². The van der Waals surface area contributed by atoms with Crippen LogP contribution in [0.3, 0.4) is 0 Å². The van der Waals surface area contributed by atoms with E-state index in [1.165, 1.54) is 0 Å². The van der Waals surface area contributed by atoms with E-state index < -0.39 is 0 Å². The Morgan fingerprint density at radius 3 is 1.00 bits per heavy atom. The Balaban J connectivity index is 0. The molecule has 0 rings (SSSR count). The van der Waals surface area contributed by atoms with E-state index in [9.17, 15) is 0 Å². The van der Waals surface area contributed by atoms with Gasteiger partial charge in [-0.1, -0.05) is 0 Å². The van der Waals surface area contributed by atoms with Gasteiger partial charge in [0.15, 0.2) is 17.4 Å². The molecule has 0 aliphatic carbocycles. The molecule has 0 aromatic heterocycles. The molecule has 0 aromatic rings. The van der Waals surface area contributed by atoms with Gasteiger partial charge in [0, 0.05) is 26.2 Å². The van der Waals surface area contributed by atoms with Crippen LogP contribution in [-0.2, 0) is 26.2 Å². The quantitative estimate of drug-likeness (QED) is 0.289. The van der Waals surface area contributed by atoms with Crippen LogP contribution in [0.25, 0.3) is 0 Å². The van der Waals surface area contributed by atoms with E-state index in [0.29, 0.717) is 0 Å². The molecule has 0 amide bonds. The first-order valence-corrected chi connectivity index (χ1v) is 0. The zero-order valence-electron chi connectivity index (χ0n) is 1.21. The van der Waals surface area contributed by atoms with Crippen molar-refractivity contribution in [1.29, 1.82) is 0 Å². The molecule has 0 heterocycles. The minimum atomic E-state index is 0. The molecule has 1 unspecified atom stereocenters. The molecule has 0 aromatic carbocycles. The van der Waals surface area contributed by atoms with Crippen molar-refractivity contribution in [1.82, 2.24) is 0 Å². The molecule has 0 radical (unpaired) electrons. The Morgan fingerprint density at radius 2 is 1.00 bits per heavy atom. The summed E-state index contributed by atoms with van der Waals surface area (Å²) >= 11 is 0. The Bertz CT molecular complexity index is 8.00. The number of rotatable bonds is 0. The van der Waals surface area contributed by atoms with Crippen molar-refractivity contribution in [2.45, 2.75) is 0 Å². The SMILES string of the molecule is P.[AlH3].[SiH4].[Zr]. The predicted octanol–water partition coefficient (Wildman–Crippen LogP) is -2.58. The summed E-state index contributed by atoms with van der Waals surface area (Å²) in [6, 6.07) is 0. The number of hydrogen-bond acceptors (Lipinski definition) is 0. The minimum absolute atomic E-state index is 0. The molecule has 26 valence electrons. The average molecular weight is 187 g/mol. The molecule has 0 aliphatic heterocycles. The Labute approximate surface area is 64.0 Å². The van der Waals surface area contributed by atoms with Crippen molar-refractivity contribution in [3.05, 3.63) is 0 Å². The summed E-state index contributed by atoms with van der Waals surface area (Å²) in [5.41, 5.74) is 0. The van der Waals surface area contributed by atoms with E-state index in [1.54, 1.807) is 0 Å². The van der Waals surface area contributed by atoms with Crippen molar-refractivity contribution in [2.24, 2.45) is 0 Å². The second kappa shape index (κ2) is 19.6. The fourth-order valence-corrected chi connectivity index (χ4v) is 0. The summed E-state index contributed by atoms with van der Waals surface area (Å²) in [4.78, 5) is 0. The van der Waals surface area contributed by atoms with Gasteiger partial charge in [-0.3, -0.25) is 0 Å². The minimum Gasteiger partial charge on any atom is -0.153 e. The first-order chi connectivity index (χ1) is 0. The van der Waals surface area contributed by atoms with Crippen LogP contribution in [0.1, 0.15) is 0 Å². The molecule has 0 nitrogen and oxygen atoms in total. The topological polar surface area (TPSA) is 0 Å². The second-order valence-corrected chi connectivity index (χ2v) is 0. The molecule has 1 atom stereocenters. The van der Waals surface area contributed by atoms with Gasteiger partial charge in [0.1, 0.15) is 0 Å². The van der Waals surface area contributed by atoms with E-state index in [1.807, 2.05) is 0 Å². The third-order valence-corrected chi connectivity index (χ3v) is 0. The van der Waals surface area contributed by atoms with Gasteiger partial charge in [-0.25, -0.2) is 0 Å². The standard InChI is InChI=1S/Al.H3P.H4Si.Zr.3H/h;1H3;1H4;;;;. The van der Waals surface area contributed by atoms with Gasteiger partial charge >= 0.3 is 0 Å². The largest absolute Gasteiger partial charge is 0.187 e. The molecule has 0 spiro atoms. The van der Waals surface area contributed by atoms with E-state index >= 15 is 0 Å². The van der Waals surface area contributed by atoms with Crippen molar-refractivity contribution in [3.8, 4) is 0 Å². The van der Waals surface area contributed by atoms with Crippen molar-refractivity contribution < 1.29 is 26.2 Å². The monoisotopic (exact) mass is 186 g/mol. The third-order valence-electron chi connectivity index (χ3n) is 0. The van der Waals surface area contributed by atoms with Gasteiger partial charge in [-0.15, -0.1) is 0 Å². The molecule has 4 heavy (non-hydrogen) atoms. The maximum Gasteiger partial charge on any atom is 0.187 e. The first kappa shape index (κ1) is 36.5. The summed E-state index contributed by atoms with van der Waals surface area (Å²) in [6.07, 6.45) is 0. The van der Waals surface area contributed by atoms with Gasteiger partial charge in [-0.2, -0.15) is 9.90 Å². The molecule has 0 saturated carbocycles. The maximum atomic E-state index is 0. The summed E-state index contributed by atoms with van der Waals surface area (Å²) in [6.45, 7) is 0. The summed E-state index contributed by atoms with van der Waals surface area (Å²) < 4.78 is 0. The van der Waals surface area contributed by atoms with E-state index in [2.05, 4.69) is 0 Å². The molecule has 0 aliphatic rings. The van der Waals surface area contributed by atoms with Crippen molar-refractivity contribution in [3.63, 3.8) is 0 Å². The second-order valence-electron chi connectivity index (χ2n) is 0. The van der Waals surface area contributed by atoms with Gasteiger partial charge in [0.2, 0.25) is 0 Å². The number of hydrogen-bond donors (Lipinski definition) is 0. The van der Waals surface area contributed by atoms with Crippen LogP contribution >= 0.6 is 9.90 Å². The smallest absolute Gasteiger partial charge is 0.153 e. The summed E-state index contributed by atoms with van der Waals surface area (Å²) in [5.74, 6) is 0. The third kappa shape index (κ3) is 8.96. The molecule has 0 bridgehead atoms. The predicted molar refractivity (Wildman–Crippen MR) is 32.4 cm³/mol. The maximum absolute atomic E-state index is 0. The van der Waals surface area contributed by atoms with Crippen LogP contribution in [0.5, 0.6) is 0 Å². The molecule has 4 heteroatoms. The Hall–Kier alpha value is 2.06. The fourth-order valence-electron chi connectivity index (χ4n) is 0. The van der Waals surface area contributed by atoms with Gasteiger partial charge in [0.05, 0.1) is 0 Å². The van der Waals surface area contributed by atoms with Crippen LogP contribution in [0.15, 0.2) is 0 Å². The van der Waals surface area contributed by atoms with Crippen LogP contribution < -0.4 is 0 Å².